The molecule has 3 heteroatoms. The number of benzene rings is 1. The number of halogens is 1. The maximum atomic E-state index is 11.8. The van der Waals surface area contributed by atoms with Crippen LogP contribution in [0.25, 0.3) is 0 Å². The molecule has 0 aromatic heterocycles. The van der Waals surface area contributed by atoms with Crippen molar-refractivity contribution in [1.82, 2.24) is 0 Å². The lowest BCUT2D eigenvalue weighted by Gasteiger charge is -2.04. The van der Waals surface area contributed by atoms with E-state index in [0.29, 0.717) is 11.7 Å². The molecule has 0 saturated carbocycles. The number of thioether (sulfide) groups is 1. The van der Waals surface area contributed by atoms with E-state index in [1.54, 1.807) is 0 Å². The average molecular weight is 301 g/mol. The first-order chi connectivity index (χ1) is 7.59. The summed E-state index contributed by atoms with van der Waals surface area (Å²) in [6, 6.07) is 7.58. The summed E-state index contributed by atoms with van der Waals surface area (Å²) in [4.78, 5) is 11.8. The number of hydrogen-bond acceptors (Lipinski definition) is 2. The van der Waals surface area contributed by atoms with Gasteiger partial charge in [0.2, 0.25) is 0 Å². The van der Waals surface area contributed by atoms with Crippen LogP contribution < -0.4 is 0 Å². The van der Waals surface area contributed by atoms with Crippen molar-refractivity contribution in [2.45, 2.75) is 31.9 Å². The van der Waals surface area contributed by atoms with Gasteiger partial charge in [0.15, 0.2) is 5.78 Å². The van der Waals surface area contributed by atoms with Crippen molar-refractivity contribution < 1.29 is 4.79 Å². The van der Waals surface area contributed by atoms with Gasteiger partial charge in [0, 0.05) is 16.5 Å². The van der Waals surface area contributed by atoms with Crippen molar-refractivity contribution in [2.24, 2.45) is 0 Å². The third-order valence-electron chi connectivity index (χ3n) is 2.17. The molecule has 0 aliphatic rings. The quantitative estimate of drug-likeness (QED) is 0.566. The molecule has 1 nitrogen and oxygen atoms in total. The molecule has 0 aliphatic carbocycles. The molecule has 1 rings (SSSR count). The van der Waals surface area contributed by atoms with E-state index in [-0.39, 0.29) is 5.78 Å². The minimum absolute atomic E-state index is 0.247. The van der Waals surface area contributed by atoms with Crippen LogP contribution >= 0.6 is 27.7 Å². The van der Waals surface area contributed by atoms with Gasteiger partial charge >= 0.3 is 0 Å². The summed E-state index contributed by atoms with van der Waals surface area (Å²) in [5.74, 6) is 1.32. The Bertz CT molecular complexity index is 332. The molecule has 0 heterocycles. The first kappa shape index (κ1) is 13.8. The monoisotopic (exact) mass is 300 g/mol. The second-order valence-electron chi connectivity index (χ2n) is 3.95. The predicted molar refractivity (Wildman–Crippen MR) is 75.3 cm³/mol. The first-order valence-electron chi connectivity index (χ1n) is 5.50. The van der Waals surface area contributed by atoms with Crippen molar-refractivity contribution in [3.8, 4) is 0 Å². The number of rotatable bonds is 6. The van der Waals surface area contributed by atoms with E-state index in [0.717, 1.165) is 22.2 Å². The highest BCUT2D eigenvalue weighted by atomic mass is 79.9. The van der Waals surface area contributed by atoms with Crippen molar-refractivity contribution in [1.29, 1.82) is 0 Å². The van der Waals surface area contributed by atoms with Gasteiger partial charge in [-0.3, -0.25) is 4.79 Å². The topological polar surface area (TPSA) is 17.1 Å². The van der Waals surface area contributed by atoms with Crippen molar-refractivity contribution in [3.05, 3.63) is 34.3 Å². The third kappa shape index (κ3) is 5.17. The predicted octanol–water partition coefficient (Wildman–Crippen LogP) is 4.55. The molecule has 88 valence electrons. The smallest absolute Gasteiger partial charge is 0.162 e. The number of carbonyl (C=O) groups excluding carboxylic acids is 1. The Hall–Kier alpha value is -0.280. The van der Waals surface area contributed by atoms with E-state index in [2.05, 4.69) is 29.8 Å². The summed E-state index contributed by atoms with van der Waals surface area (Å²) in [5, 5.41) is 0.655. The highest BCUT2D eigenvalue weighted by Gasteiger charge is 2.05. The molecule has 1 aromatic rings. The highest BCUT2D eigenvalue weighted by molar-refractivity contribution is 9.10. The summed E-state index contributed by atoms with van der Waals surface area (Å²) < 4.78 is 1.01. The van der Waals surface area contributed by atoms with Crippen LogP contribution in [0.4, 0.5) is 0 Å². The second-order valence-corrected chi connectivity index (χ2v) is 6.55. The molecule has 0 aliphatic heterocycles. The maximum absolute atomic E-state index is 11.8. The fraction of sp³-hybridized carbons (Fsp3) is 0.462. The molecule has 0 radical (unpaired) electrons. The lowest BCUT2D eigenvalue weighted by molar-refractivity contribution is 0.0982. The lowest BCUT2D eigenvalue weighted by Crippen LogP contribution is -2.00. The molecule has 1 aromatic carbocycles. The Morgan fingerprint density at radius 1 is 1.31 bits per heavy atom. The van der Waals surface area contributed by atoms with Gasteiger partial charge in [-0.2, -0.15) is 11.8 Å². The fourth-order valence-electron chi connectivity index (χ4n) is 1.33. The zero-order chi connectivity index (χ0) is 12.0. The molecule has 0 saturated heterocycles. The van der Waals surface area contributed by atoms with E-state index in [9.17, 15) is 4.79 Å². The summed E-state index contributed by atoms with van der Waals surface area (Å²) in [6.07, 6.45) is 1.62. The summed E-state index contributed by atoms with van der Waals surface area (Å²) in [5.41, 5.74) is 0.817. The molecule has 0 spiro atoms. The van der Waals surface area contributed by atoms with E-state index in [1.807, 2.05) is 36.0 Å². The molecule has 0 atom stereocenters. The van der Waals surface area contributed by atoms with Crippen molar-refractivity contribution >= 4 is 33.5 Å². The Morgan fingerprint density at radius 2 is 1.94 bits per heavy atom. The normalized spacial score (nSPS) is 10.8. The number of hydrogen-bond donors (Lipinski definition) is 0. The molecule has 0 N–H and O–H groups in total. The zero-order valence-corrected chi connectivity index (χ0v) is 12.1. The Balaban J connectivity index is 2.32. The lowest BCUT2D eigenvalue weighted by atomic mass is 10.1. The van der Waals surface area contributed by atoms with Crippen LogP contribution in [0.1, 0.15) is 37.0 Å². The summed E-state index contributed by atoms with van der Waals surface area (Å²) >= 11 is 5.27. The van der Waals surface area contributed by atoms with E-state index < -0.39 is 0 Å². The molecular formula is C13H17BrOS. The number of ketones is 1. The van der Waals surface area contributed by atoms with Crippen LogP contribution in [-0.4, -0.2) is 16.8 Å². The first-order valence-corrected chi connectivity index (χ1v) is 7.34. The van der Waals surface area contributed by atoms with Crippen LogP contribution in [0, 0.1) is 0 Å². The van der Waals surface area contributed by atoms with Gasteiger partial charge in [-0.05, 0) is 29.6 Å². The van der Waals surface area contributed by atoms with Gasteiger partial charge < -0.3 is 0 Å². The van der Waals surface area contributed by atoms with Gasteiger partial charge in [0.1, 0.15) is 0 Å². The molecular weight excluding hydrogens is 284 g/mol. The van der Waals surface area contributed by atoms with Gasteiger partial charge in [-0.25, -0.2) is 0 Å². The van der Waals surface area contributed by atoms with Gasteiger partial charge in [0.05, 0.1) is 0 Å². The van der Waals surface area contributed by atoms with Crippen LogP contribution in [0.3, 0.4) is 0 Å². The SMILES string of the molecule is CC(C)SCCCC(=O)c1ccc(Br)cc1. The number of Topliss-reactive ketones (excluding diaryl/α,β-unsaturated/α-hetero) is 1. The van der Waals surface area contributed by atoms with Crippen molar-refractivity contribution in [3.63, 3.8) is 0 Å². The fourth-order valence-corrected chi connectivity index (χ4v) is 2.38. The molecule has 0 amide bonds. The summed E-state index contributed by atoms with van der Waals surface area (Å²) in [6.45, 7) is 4.36. The second kappa shape index (κ2) is 7.13. The highest BCUT2D eigenvalue weighted by Crippen LogP contribution is 2.15. The summed E-state index contributed by atoms with van der Waals surface area (Å²) in [7, 11) is 0. The maximum Gasteiger partial charge on any atom is 0.162 e. The van der Waals surface area contributed by atoms with Gasteiger partial charge in [0.25, 0.3) is 0 Å². The number of carbonyl (C=O) groups is 1. The molecule has 0 fully saturated rings. The minimum Gasteiger partial charge on any atom is -0.294 e. The van der Waals surface area contributed by atoms with Crippen molar-refractivity contribution in [2.75, 3.05) is 5.75 Å². The van der Waals surface area contributed by atoms with Gasteiger partial charge in [-0.15, -0.1) is 0 Å². The zero-order valence-electron chi connectivity index (χ0n) is 9.70. The third-order valence-corrected chi connectivity index (χ3v) is 3.89. The Kier molecular flexibility index (Phi) is 6.14. The van der Waals surface area contributed by atoms with E-state index in [4.69, 9.17) is 0 Å². The van der Waals surface area contributed by atoms with Crippen LogP contribution in [0.5, 0.6) is 0 Å². The standard InChI is InChI=1S/C13H17BrOS/c1-10(2)16-9-3-4-13(15)11-5-7-12(14)8-6-11/h5-8,10H,3-4,9H2,1-2H3. The van der Waals surface area contributed by atoms with E-state index >= 15 is 0 Å². The Morgan fingerprint density at radius 3 is 2.50 bits per heavy atom. The van der Waals surface area contributed by atoms with Crippen LogP contribution in [-0.2, 0) is 0 Å². The van der Waals surface area contributed by atoms with Crippen LogP contribution in [0.15, 0.2) is 28.7 Å². The van der Waals surface area contributed by atoms with Crippen LogP contribution in [0.2, 0.25) is 0 Å². The van der Waals surface area contributed by atoms with E-state index in [1.165, 1.54) is 0 Å². The average Bonchev–Trinajstić information content (AvgIpc) is 2.25. The Labute approximate surface area is 110 Å². The van der Waals surface area contributed by atoms with Gasteiger partial charge in [-0.1, -0.05) is 41.9 Å². The molecule has 16 heavy (non-hydrogen) atoms. The largest absolute Gasteiger partial charge is 0.294 e. The molecule has 0 unspecified atom stereocenters. The minimum atomic E-state index is 0.247. The molecule has 0 bridgehead atoms.